The normalized spacial score (nSPS) is 9.91. The van der Waals surface area contributed by atoms with Crippen LogP contribution in [0.5, 0.6) is 0 Å². The second-order valence-electron chi connectivity index (χ2n) is 2.47. The van der Waals surface area contributed by atoms with Crippen molar-refractivity contribution >= 4 is 0 Å². The molecule has 0 amide bonds. The molecule has 0 atom stereocenters. The van der Waals surface area contributed by atoms with Gasteiger partial charge in [0.2, 0.25) is 0 Å². The number of hydrogen-bond donors (Lipinski definition) is 1. The first kappa shape index (κ1) is 10.7. The largest absolute Gasteiger partial charge is 0.396 e. The fraction of sp³-hybridized carbons (Fsp3) is 0.778. The van der Waals surface area contributed by atoms with E-state index in [1.54, 1.807) is 0 Å². The van der Waals surface area contributed by atoms with Crippen LogP contribution in [0.3, 0.4) is 0 Å². The van der Waals surface area contributed by atoms with Crippen molar-refractivity contribution in [2.45, 2.75) is 25.7 Å². The van der Waals surface area contributed by atoms with Gasteiger partial charge in [-0.1, -0.05) is 6.08 Å². The van der Waals surface area contributed by atoms with Gasteiger partial charge in [-0.3, -0.25) is 0 Å². The third-order valence-electron chi connectivity index (χ3n) is 1.39. The zero-order valence-electron chi connectivity index (χ0n) is 7.09. The predicted molar refractivity (Wildman–Crippen MR) is 46.6 cm³/mol. The molecule has 0 radical (unpaired) electrons. The summed E-state index contributed by atoms with van der Waals surface area (Å²) in [7, 11) is 0. The molecule has 0 heterocycles. The number of unbranched alkanes of at least 4 members (excludes halogenated alkanes) is 2. The van der Waals surface area contributed by atoms with Crippen LogP contribution in [0.2, 0.25) is 0 Å². The Morgan fingerprint density at radius 2 is 1.91 bits per heavy atom. The summed E-state index contributed by atoms with van der Waals surface area (Å²) in [6.45, 7) is 5.36. The van der Waals surface area contributed by atoms with E-state index >= 15 is 0 Å². The Hall–Kier alpha value is -0.340. The molecule has 0 aromatic rings. The lowest BCUT2D eigenvalue weighted by molar-refractivity contribution is 0.113. The smallest absolute Gasteiger partial charge is 0.0487 e. The number of aliphatic hydroxyl groups is 1. The SMILES string of the molecule is C=CCCCCOCCCO. The predicted octanol–water partition coefficient (Wildman–Crippen LogP) is 1.74. The molecule has 0 spiro atoms. The van der Waals surface area contributed by atoms with Gasteiger partial charge in [0.15, 0.2) is 0 Å². The average molecular weight is 158 g/mol. The zero-order valence-corrected chi connectivity index (χ0v) is 7.09. The van der Waals surface area contributed by atoms with Crippen LogP contribution >= 0.6 is 0 Å². The molecule has 2 heteroatoms. The lowest BCUT2D eigenvalue weighted by Gasteiger charge is -2.00. The molecule has 2 nitrogen and oxygen atoms in total. The van der Waals surface area contributed by atoms with E-state index in [2.05, 4.69) is 6.58 Å². The molecule has 0 aromatic heterocycles. The van der Waals surface area contributed by atoms with Gasteiger partial charge in [0.25, 0.3) is 0 Å². The molecule has 0 aliphatic carbocycles. The molecule has 0 aliphatic heterocycles. The lowest BCUT2D eigenvalue weighted by Crippen LogP contribution is -1.98. The molecule has 1 N–H and O–H groups in total. The minimum atomic E-state index is 0.229. The quantitative estimate of drug-likeness (QED) is 0.430. The first-order valence-electron chi connectivity index (χ1n) is 4.21. The van der Waals surface area contributed by atoms with Crippen molar-refractivity contribution in [2.75, 3.05) is 19.8 Å². The van der Waals surface area contributed by atoms with Crippen molar-refractivity contribution in [1.29, 1.82) is 0 Å². The number of ether oxygens (including phenoxy) is 1. The van der Waals surface area contributed by atoms with Crippen molar-refractivity contribution in [3.8, 4) is 0 Å². The molecule has 0 fully saturated rings. The first-order valence-corrected chi connectivity index (χ1v) is 4.21. The van der Waals surface area contributed by atoms with Crippen LogP contribution in [-0.2, 0) is 4.74 Å². The Morgan fingerprint density at radius 3 is 2.55 bits per heavy atom. The van der Waals surface area contributed by atoms with E-state index in [4.69, 9.17) is 9.84 Å². The van der Waals surface area contributed by atoms with Gasteiger partial charge < -0.3 is 9.84 Å². The standard InChI is InChI=1S/C9H18O2/c1-2-3-4-5-8-11-9-6-7-10/h2,10H,1,3-9H2. The number of hydrogen-bond acceptors (Lipinski definition) is 2. The Kier molecular flexibility index (Phi) is 9.36. The zero-order chi connectivity index (χ0) is 8.36. The van der Waals surface area contributed by atoms with E-state index in [9.17, 15) is 0 Å². The van der Waals surface area contributed by atoms with Gasteiger partial charge in [-0.25, -0.2) is 0 Å². The van der Waals surface area contributed by atoms with Gasteiger partial charge in [-0.15, -0.1) is 6.58 Å². The lowest BCUT2D eigenvalue weighted by atomic mass is 10.2. The van der Waals surface area contributed by atoms with Crippen molar-refractivity contribution in [2.24, 2.45) is 0 Å². The maximum Gasteiger partial charge on any atom is 0.0487 e. The third-order valence-corrected chi connectivity index (χ3v) is 1.39. The molecule has 0 saturated heterocycles. The van der Waals surface area contributed by atoms with Gasteiger partial charge in [0.05, 0.1) is 0 Å². The second kappa shape index (κ2) is 9.66. The van der Waals surface area contributed by atoms with Gasteiger partial charge >= 0.3 is 0 Å². The fourth-order valence-corrected chi connectivity index (χ4v) is 0.761. The van der Waals surface area contributed by atoms with Crippen LogP contribution in [0.15, 0.2) is 12.7 Å². The van der Waals surface area contributed by atoms with Crippen molar-refractivity contribution < 1.29 is 9.84 Å². The van der Waals surface area contributed by atoms with Gasteiger partial charge in [0.1, 0.15) is 0 Å². The van der Waals surface area contributed by atoms with Crippen LogP contribution in [0, 0.1) is 0 Å². The Labute approximate surface area is 68.9 Å². The summed E-state index contributed by atoms with van der Waals surface area (Å²) in [5.41, 5.74) is 0. The molecule has 0 aromatic carbocycles. The summed E-state index contributed by atoms with van der Waals surface area (Å²) in [4.78, 5) is 0. The van der Waals surface area contributed by atoms with Crippen LogP contribution in [-0.4, -0.2) is 24.9 Å². The Morgan fingerprint density at radius 1 is 1.18 bits per heavy atom. The van der Waals surface area contributed by atoms with Crippen molar-refractivity contribution in [3.05, 3.63) is 12.7 Å². The van der Waals surface area contributed by atoms with E-state index in [-0.39, 0.29) is 6.61 Å². The Balaban J connectivity index is 2.74. The number of aliphatic hydroxyl groups excluding tert-OH is 1. The summed E-state index contributed by atoms with van der Waals surface area (Å²) in [6, 6.07) is 0. The van der Waals surface area contributed by atoms with E-state index < -0.39 is 0 Å². The molecule has 0 aliphatic rings. The Bertz CT molecular complexity index is 81.6. The van der Waals surface area contributed by atoms with Crippen LogP contribution in [0.1, 0.15) is 25.7 Å². The van der Waals surface area contributed by atoms with E-state index in [1.165, 1.54) is 0 Å². The monoisotopic (exact) mass is 158 g/mol. The minimum absolute atomic E-state index is 0.229. The van der Waals surface area contributed by atoms with Crippen molar-refractivity contribution in [3.63, 3.8) is 0 Å². The molecular weight excluding hydrogens is 140 g/mol. The third kappa shape index (κ3) is 9.66. The van der Waals surface area contributed by atoms with E-state index in [0.29, 0.717) is 6.61 Å². The highest BCUT2D eigenvalue weighted by atomic mass is 16.5. The highest BCUT2D eigenvalue weighted by Gasteiger charge is 1.87. The van der Waals surface area contributed by atoms with Gasteiger partial charge in [-0.05, 0) is 25.7 Å². The van der Waals surface area contributed by atoms with Crippen molar-refractivity contribution in [1.82, 2.24) is 0 Å². The maximum atomic E-state index is 8.41. The summed E-state index contributed by atoms with van der Waals surface area (Å²) >= 11 is 0. The molecule has 11 heavy (non-hydrogen) atoms. The molecule has 0 saturated carbocycles. The topological polar surface area (TPSA) is 29.5 Å². The molecule has 0 bridgehead atoms. The molecule has 66 valence electrons. The van der Waals surface area contributed by atoms with Gasteiger partial charge in [-0.2, -0.15) is 0 Å². The highest BCUT2D eigenvalue weighted by molar-refractivity contribution is 4.65. The summed E-state index contributed by atoms with van der Waals surface area (Å²) in [5.74, 6) is 0. The summed E-state index contributed by atoms with van der Waals surface area (Å²) < 4.78 is 5.23. The first-order chi connectivity index (χ1) is 5.41. The second-order valence-corrected chi connectivity index (χ2v) is 2.47. The minimum Gasteiger partial charge on any atom is -0.396 e. The highest BCUT2D eigenvalue weighted by Crippen LogP contribution is 1.96. The molecule has 0 unspecified atom stereocenters. The van der Waals surface area contributed by atoms with Crippen LogP contribution < -0.4 is 0 Å². The van der Waals surface area contributed by atoms with Gasteiger partial charge in [0, 0.05) is 19.8 Å². The number of allylic oxidation sites excluding steroid dienone is 1. The summed E-state index contributed by atoms with van der Waals surface area (Å²) in [5, 5.41) is 8.41. The summed E-state index contributed by atoms with van der Waals surface area (Å²) in [6.07, 6.45) is 6.00. The number of rotatable bonds is 8. The average Bonchev–Trinajstić information content (AvgIpc) is 2.03. The maximum absolute atomic E-state index is 8.41. The van der Waals surface area contributed by atoms with E-state index in [1.807, 2.05) is 6.08 Å². The van der Waals surface area contributed by atoms with E-state index in [0.717, 1.165) is 32.3 Å². The molecule has 0 rings (SSSR count). The van der Waals surface area contributed by atoms with Crippen LogP contribution in [0.4, 0.5) is 0 Å². The molecular formula is C9H18O2. The van der Waals surface area contributed by atoms with Crippen LogP contribution in [0.25, 0.3) is 0 Å². The fourth-order valence-electron chi connectivity index (χ4n) is 0.761.